The van der Waals surface area contributed by atoms with E-state index in [-0.39, 0.29) is 11.8 Å². The number of carbonyl (C=O) groups excluding carboxylic acids is 1. The number of aromatic nitrogens is 3. The van der Waals surface area contributed by atoms with Crippen molar-refractivity contribution in [3.8, 4) is 0 Å². The smallest absolute Gasteiger partial charge is 0.229 e. The number of nitrogens with zero attached hydrogens (tertiary/aromatic N) is 5. The van der Waals surface area contributed by atoms with E-state index >= 15 is 0 Å². The number of fused-ring (bicyclic) bond motifs is 1. The van der Waals surface area contributed by atoms with Gasteiger partial charge in [-0.15, -0.1) is 0 Å². The van der Waals surface area contributed by atoms with Gasteiger partial charge in [-0.05, 0) is 43.0 Å². The molecule has 2 N–H and O–H groups in total. The summed E-state index contributed by atoms with van der Waals surface area (Å²) in [6.07, 6.45) is 8.06. The number of ether oxygens (including phenoxy) is 1. The van der Waals surface area contributed by atoms with Gasteiger partial charge in [-0.2, -0.15) is 4.98 Å². The third-order valence-corrected chi connectivity index (χ3v) is 7.99. The van der Waals surface area contributed by atoms with Crippen molar-refractivity contribution < 1.29 is 9.53 Å². The monoisotopic (exact) mass is 503 g/mol. The Balaban J connectivity index is 1.03. The van der Waals surface area contributed by atoms with Gasteiger partial charge in [0.05, 0.1) is 19.3 Å². The first-order chi connectivity index (χ1) is 18.2. The molecule has 3 aromatic rings. The molecule has 1 amide bonds. The third kappa shape index (κ3) is 5.79. The molecular weight excluding hydrogens is 466 g/mol. The minimum Gasteiger partial charge on any atom is -0.378 e. The highest BCUT2D eigenvalue weighted by Gasteiger charge is 2.28. The number of hydrogen-bond acceptors (Lipinski definition) is 7. The van der Waals surface area contributed by atoms with E-state index in [1.165, 1.54) is 12.0 Å². The van der Waals surface area contributed by atoms with Crippen LogP contribution in [0.1, 0.15) is 31.2 Å². The predicted octanol–water partition coefficient (Wildman–Crippen LogP) is 3.00. The minimum atomic E-state index is 0.214. The Morgan fingerprint density at radius 2 is 1.97 bits per heavy atom. The summed E-state index contributed by atoms with van der Waals surface area (Å²) in [4.78, 5) is 26.5. The topological polar surface area (TPSA) is 87.6 Å². The largest absolute Gasteiger partial charge is 0.378 e. The molecule has 196 valence electrons. The molecular formula is C28H37N7O2. The maximum atomic E-state index is 12.0. The number of piperazine rings is 1. The number of benzene rings is 1. The van der Waals surface area contributed by atoms with E-state index < -0.39 is 0 Å². The fourth-order valence-electron chi connectivity index (χ4n) is 5.34. The fraction of sp³-hybridized carbons (Fsp3) is 0.536. The Morgan fingerprint density at radius 1 is 1.11 bits per heavy atom. The first-order valence-corrected chi connectivity index (χ1v) is 13.7. The lowest BCUT2D eigenvalue weighted by Crippen LogP contribution is -2.56. The van der Waals surface area contributed by atoms with Crippen LogP contribution in [0.25, 0.3) is 11.0 Å². The Kier molecular flexibility index (Phi) is 7.34. The maximum absolute atomic E-state index is 12.0. The second kappa shape index (κ2) is 11.2. The average molecular weight is 504 g/mol. The van der Waals surface area contributed by atoms with Gasteiger partial charge in [0, 0.05) is 75.2 Å². The van der Waals surface area contributed by atoms with Crippen molar-refractivity contribution in [1.82, 2.24) is 29.7 Å². The lowest BCUT2D eigenvalue weighted by Gasteiger charge is -2.42. The van der Waals surface area contributed by atoms with Crippen LogP contribution in [0.5, 0.6) is 0 Å². The van der Waals surface area contributed by atoms with Crippen molar-refractivity contribution >= 4 is 28.6 Å². The molecule has 0 unspecified atom stereocenters. The van der Waals surface area contributed by atoms with Crippen LogP contribution in [-0.2, 0) is 22.6 Å². The van der Waals surface area contributed by atoms with Gasteiger partial charge in [0.2, 0.25) is 11.9 Å². The molecule has 2 aromatic heterocycles. The van der Waals surface area contributed by atoms with E-state index in [2.05, 4.69) is 60.4 Å². The average Bonchev–Trinajstić information content (AvgIpc) is 3.23. The normalized spacial score (nSPS) is 19.5. The number of amides is 1. The number of aryl methyl sites for hydroxylation is 1. The number of carbonyl (C=O) groups is 1. The van der Waals surface area contributed by atoms with Gasteiger partial charge in [-0.1, -0.05) is 18.6 Å². The molecule has 0 radical (unpaired) electrons. The molecule has 1 saturated carbocycles. The van der Waals surface area contributed by atoms with E-state index in [0.29, 0.717) is 18.5 Å². The van der Waals surface area contributed by atoms with E-state index in [9.17, 15) is 4.79 Å². The first-order valence-electron chi connectivity index (χ1n) is 13.7. The Hall–Kier alpha value is -3.01. The summed E-state index contributed by atoms with van der Waals surface area (Å²) in [6, 6.07) is 11.2. The summed E-state index contributed by atoms with van der Waals surface area (Å²) < 4.78 is 7.50. The number of nitrogens with one attached hydrogen (secondary N) is 2. The molecule has 4 heterocycles. The zero-order valence-corrected chi connectivity index (χ0v) is 21.4. The molecule has 0 atom stereocenters. The van der Waals surface area contributed by atoms with Crippen LogP contribution < -0.4 is 10.6 Å². The van der Waals surface area contributed by atoms with Crippen molar-refractivity contribution in [2.45, 2.75) is 44.8 Å². The van der Waals surface area contributed by atoms with Crippen LogP contribution in [0.2, 0.25) is 0 Å². The highest BCUT2D eigenvalue weighted by atomic mass is 16.5. The van der Waals surface area contributed by atoms with Crippen LogP contribution >= 0.6 is 0 Å². The maximum Gasteiger partial charge on any atom is 0.229 e. The molecule has 9 nitrogen and oxygen atoms in total. The number of rotatable bonds is 10. The highest BCUT2D eigenvalue weighted by molar-refractivity contribution is 5.79. The standard InChI is InChI=1S/C28H37N7O2/c36-27(22-5-2-6-22)29-9-3-10-35-11-8-23-17-30-28(32-26(23)35)31-24-7-1-4-21(16-24)18-33-12-14-34(15-13-33)25-19-37-20-25/h1,4,7-8,11,16-17,22,25H,2-3,5-6,9-10,12-15,18-20H2,(H,29,36)(H,30,31,32). The van der Waals surface area contributed by atoms with Gasteiger partial charge in [0.25, 0.3) is 0 Å². The SMILES string of the molecule is O=C(NCCCn1ccc2cnc(Nc3cccc(CN4CCN(C5COC5)CC4)c3)nc21)C1CCC1. The molecule has 2 aliphatic heterocycles. The molecule has 0 bridgehead atoms. The van der Waals surface area contributed by atoms with Crippen LogP contribution in [0.3, 0.4) is 0 Å². The van der Waals surface area contributed by atoms with Crippen molar-refractivity contribution in [3.63, 3.8) is 0 Å². The van der Waals surface area contributed by atoms with E-state index in [4.69, 9.17) is 9.72 Å². The molecule has 37 heavy (non-hydrogen) atoms. The van der Waals surface area contributed by atoms with E-state index in [1.807, 2.05) is 12.3 Å². The molecule has 1 aromatic carbocycles. The van der Waals surface area contributed by atoms with Crippen LogP contribution in [0.15, 0.2) is 42.7 Å². The van der Waals surface area contributed by atoms with Gasteiger partial charge in [0.1, 0.15) is 5.65 Å². The highest BCUT2D eigenvalue weighted by Crippen LogP contribution is 2.26. The molecule has 2 saturated heterocycles. The Bertz CT molecular complexity index is 1210. The second-order valence-electron chi connectivity index (χ2n) is 10.6. The Morgan fingerprint density at radius 3 is 2.73 bits per heavy atom. The van der Waals surface area contributed by atoms with Crippen molar-refractivity contribution in [1.29, 1.82) is 0 Å². The van der Waals surface area contributed by atoms with E-state index in [0.717, 1.165) is 88.5 Å². The summed E-state index contributed by atoms with van der Waals surface area (Å²) in [5, 5.41) is 7.50. The lowest BCUT2D eigenvalue weighted by atomic mass is 9.85. The minimum absolute atomic E-state index is 0.214. The van der Waals surface area contributed by atoms with Crippen LogP contribution in [0.4, 0.5) is 11.6 Å². The van der Waals surface area contributed by atoms with Crippen LogP contribution in [0, 0.1) is 5.92 Å². The third-order valence-electron chi connectivity index (χ3n) is 7.99. The van der Waals surface area contributed by atoms with Crippen molar-refractivity contribution in [2.75, 3.05) is 51.3 Å². The number of hydrogen-bond donors (Lipinski definition) is 2. The van der Waals surface area contributed by atoms with Gasteiger partial charge in [-0.25, -0.2) is 4.98 Å². The lowest BCUT2D eigenvalue weighted by molar-refractivity contribution is -0.127. The summed E-state index contributed by atoms with van der Waals surface area (Å²) in [6.45, 7) is 8.66. The first kappa shape index (κ1) is 24.3. The number of anilines is 2. The Labute approximate surface area is 218 Å². The molecule has 9 heteroatoms. The predicted molar refractivity (Wildman–Crippen MR) is 144 cm³/mol. The molecule has 3 fully saturated rings. The summed E-state index contributed by atoms with van der Waals surface area (Å²) in [5.74, 6) is 1.05. The molecule has 6 rings (SSSR count). The molecule has 3 aliphatic rings. The van der Waals surface area contributed by atoms with Gasteiger partial charge < -0.3 is 19.9 Å². The molecule has 0 spiro atoms. The van der Waals surface area contributed by atoms with E-state index in [1.54, 1.807) is 0 Å². The van der Waals surface area contributed by atoms with Crippen molar-refractivity contribution in [3.05, 3.63) is 48.3 Å². The second-order valence-corrected chi connectivity index (χ2v) is 10.6. The van der Waals surface area contributed by atoms with Crippen LogP contribution in [-0.4, -0.2) is 82.2 Å². The van der Waals surface area contributed by atoms with Crippen molar-refractivity contribution in [2.24, 2.45) is 5.92 Å². The quantitative estimate of drug-likeness (QED) is 0.411. The summed E-state index contributed by atoms with van der Waals surface area (Å²) in [5.41, 5.74) is 3.20. The van der Waals surface area contributed by atoms with Gasteiger partial charge in [0.15, 0.2) is 0 Å². The fourth-order valence-corrected chi connectivity index (χ4v) is 5.34. The summed E-state index contributed by atoms with van der Waals surface area (Å²) >= 11 is 0. The zero-order valence-electron chi connectivity index (χ0n) is 21.4. The van der Waals surface area contributed by atoms with Gasteiger partial charge >= 0.3 is 0 Å². The summed E-state index contributed by atoms with van der Waals surface area (Å²) in [7, 11) is 0. The van der Waals surface area contributed by atoms with Gasteiger partial charge in [-0.3, -0.25) is 14.6 Å². The molecule has 1 aliphatic carbocycles. The zero-order chi connectivity index (χ0) is 25.0.